The van der Waals surface area contributed by atoms with Gasteiger partial charge in [-0.25, -0.2) is 0 Å². The van der Waals surface area contributed by atoms with Crippen LogP contribution in [0.2, 0.25) is 0 Å². The van der Waals surface area contributed by atoms with Crippen LogP contribution < -0.4 is 5.32 Å². The number of hydrogen-bond donors (Lipinski definition) is 1. The van der Waals surface area contributed by atoms with Crippen molar-refractivity contribution in [3.8, 4) is 0 Å². The average Bonchev–Trinajstić information content (AvgIpc) is 2.46. The summed E-state index contributed by atoms with van der Waals surface area (Å²) in [5, 5.41) is 2.74. The molecule has 1 unspecified atom stereocenters. The zero-order valence-corrected chi connectivity index (χ0v) is 12.1. The van der Waals surface area contributed by atoms with Crippen molar-refractivity contribution in [3.63, 3.8) is 0 Å². The fourth-order valence-electron chi connectivity index (χ4n) is 2.58. The fraction of sp³-hybridized carbons (Fsp3) is 0.235. The lowest BCUT2D eigenvalue weighted by molar-refractivity contribution is -0.116. The molecule has 0 fully saturated rings. The van der Waals surface area contributed by atoms with Crippen molar-refractivity contribution in [2.24, 2.45) is 0 Å². The maximum Gasteiger partial charge on any atom is 0.224 e. The first-order valence-electron chi connectivity index (χ1n) is 6.77. The number of halogens is 1. The van der Waals surface area contributed by atoms with Crippen LogP contribution in [0.3, 0.4) is 0 Å². The highest BCUT2D eigenvalue weighted by Crippen LogP contribution is 2.33. The lowest BCUT2D eigenvalue weighted by Crippen LogP contribution is -2.19. The molecule has 1 N–H and O–H groups in total. The molecule has 0 aliphatic carbocycles. The first-order valence-corrected chi connectivity index (χ1v) is 7.20. The molecule has 2 aromatic carbocycles. The number of aryl methyl sites for hydroxylation is 2. The number of amides is 1. The predicted octanol–water partition coefficient (Wildman–Crippen LogP) is 4.21. The average molecular weight is 286 g/mol. The Morgan fingerprint density at radius 1 is 1.10 bits per heavy atom. The highest BCUT2D eigenvalue weighted by atomic mass is 35.5. The summed E-state index contributed by atoms with van der Waals surface area (Å²) >= 11 is 6.59. The van der Waals surface area contributed by atoms with Gasteiger partial charge in [-0.3, -0.25) is 4.79 Å². The molecule has 1 atom stereocenters. The first-order chi connectivity index (χ1) is 9.63. The molecule has 1 amide bonds. The summed E-state index contributed by atoms with van der Waals surface area (Å²) in [6, 6.07) is 14.3. The SMILES string of the molecule is Cc1cccc(C(Cl)c2ccc3c(c2)CCC(=O)N3)c1. The van der Waals surface area contributed by atoms with Crippen LogP contribution in [0.4, 0.5) is 5.69 Å². The fourth-order valence-corrected chi connectivity index (χ4v) is 2.85. The monoisotopic (exact) mass is 285 g/mol. The number of carbonyl (C=O) groups excluding carboxylic acids is 1. The molecule has 0 saturated heterocycles. The van der Waals surface area contributed by atoms with E-state index in [0.29, 0.717) is 6.42 Å². The minimum Gasteiger partial charge on any atom is -0.326 e. The van der Waals surface area contributed by atoms with Gasteiger partial charge in [0, 0.05) is 12.1 Å². The van der Waals surface area contributed by atoms with Gasteiger partial charge in [-0.1, -0.05) is 42.0 Å². The van der Waals surface area contributed by atoms with Gasteiger partial charge >= 0.3 is 0 Å². The van der Waals surface area contributed by atoms with E-state index in [-0.39, 0.29) is 11.3 Å². The summed E-state index contributed by atoms with van der Waals surface area (Å²) in [4.78, 5) is 11.4. The van der Waals surface area contributed by atoms with Crippen molar-refractivity contribution >= 4 is 23.2 Å². The van der Waals surface area contributed by atoms with Crippen molar-refractivity contribution in [1.29, 1.82) is 0 Å². The van der Waals surface area contributed by atoms with Gasteiger partial charge in [0.15, 0.2) is 0 Å². The van der Waals surface area contributed by atoms with Crippen molar-refractivity contribution in [2.75, 3.05) is 5.32 Å². The van der Waals surface area contributed by atoms with E-state index in [1.807, 2.05) is 24.3 Å². The van der Waals surface area contributed by atoms with E-state index in [4.69, 9.17) is 11.6 Å². The van der Waals surface area contributed by atoms with Gasteiger partial charge in [0.25, 0.3) is 0 Å². The molecule has 3 rings (SSSR count). The second kappa shape index (κ2) is 5.29. The number of carbonyl (C=O) groups is 1. The minimum atomic E-state index is -0.155. The summed E-state index contributed by atoms with van der Waals surface area (Å²) in [5.74, 6) is 0.0892. The minimum absolute atomic E-state index is 0.0892. The lowest BCUT2D eigenvalue weighted by Gasteiger charge is -2.19. The highest BCUT2D eigenvalue weighted by Gasteiger charge is 2.17. The zero-order valence-electron chi connectivity index (χ0n) is 11.3. The number of rotatable bonds is 2. The highest BCUT2D eigenvalue weighted by molar-refractivity contribution is 6.22. The van der Waals surface area contributed by atoms with Crippen molar-refractivity contribution in [1.82, 2.24) is 0 Å². The second-order valence-electron chi connectivity index (χ2n) is 5.24. The normalized spacial score (nSPS) is 15.4. The Hall–Kier alpha value is -1.80. The van der Waals surface area contributed by atoms with Gasteiger partial charge in [-0.15, -0.1) is 11.6 Å². The first kappa shape index (κ1) is 13.2. The van der Waals surface area contributed by atoms with Gasteiger partial charge < -0.3 is 5.32 Å². The molecule has 1 aliphatic heterocycles. The smallest absolute Gasteiger partial charge is 0.224 e. The molecule has 20 heavy (non-hydrogen) atoms. The summed E-state index contributed by atoms with van der Waals surface area (Å²) in [5.41, 5.74) is 5.47. The van der Waals surface area contributed by atoms with Gasteiger partial charge in [0.05, 0.1) is 5.38 Å². The third-order valence-corrected chi connectivity index (χ3v) is 4.16. The lowest BCUT2D eigenvalue weighted by atomic mass is 9.96. The van der Waals surface area contributed by atoms with Crippen LogP contribution >= 0.6 is 11.6 Å². The Bertz CT molecular complexity index is 666. The van der Waals surface area contributed by atoms with E-state index in [1.165, 1.54) is 11.1 Å². The summed E-state index contributed by atoms with van der Waals surface area (Å²) in [6.07, 6.45) is 1.33. The van der Waals surface area contributed by atoms with Gasteiger partial charge in [0.2, 0.25) is 5.91 Å². The van der Waals surface area contributed by atoms with E-state index >= 15 is 0 Å². The van der Waals surface area contributed by atoms with E-state index in [1.54, 1.807) is 0 Å². The molecule has 3 heteroatoms. The van der Waals surface area contributed by atoms with Crippen LogP contribution in [0, 0.1) is 6.92 Å². The van der Waals surface area contributed by atoms with Crippen LogP contribution in [0.5, 0.6) is 0 Å². The van der Waals surface area contributed by atoms with Crippen LogP contribution in [0.25, 0.3) is 0 Å². The Kier molecular flexibility index (Phi) is 3.49. The zero-order chi connectivity index (χ0) is 14.1. The molecule has 1 aliphatic rings. The molecule has 0 bridgehead atoms. The third-order valence-electron chi connectivity index (χ3n) is 3.65. The molecule has 0 spiro atoms. The van der Waals surface area contributed by atoms with E-state index in [9.17, 15) is 4.79 Å². The number of nitrogens with one attached hydrogen (secondary N) is 1. The molecule has 102 valence electrons. The molecule has 0 aromatic heterocycles. The maximum absolute atomic E-state index is 11.4. The summed E-state index contributed by atoms with van der Waals surface area (Å²) in [6.45, 7) is 2.06. The Labute approximate surface area is 123 Å². The second-order valence-corrected chi connectivity index (χ2v) is 5.68. The molecule has 2 nitrogen and oxygen atoms in total. The Morgan fingerprint density at radius 3 is 2.70 bits per heavy atom. The number of hydrogen-bond acceptors (Lipinski definition) is 1. The van der Waals surface area contributed by atoms with Crippen LogP contribution in [-0.4, -0.2) is 5.91 Å². The molecule has 1 heterocycles. The summed E-state index contributed by atoms with van der Waals surface area (Å²) < 4.78 is 0. The summed E-state index contributed by atoms with van der Waals surface area (Å²) in [7, 11) is 0. The number of alkyl halides is 1. The molecular formula is C17H16ClNO. The van der Waals surface area contributed by atoms with Crippen LogP contribution in [-0.2, 0) is 11.2 Å². The Morgan fingerprint density at radius 2 is 1.90 bits per heavy atom. The van der Waals surface area contributed by atoms with Crippen molar-refractivity contribution < 1.29 is 4.79 Å². The molecular weight excluding hydrogens is 270 g/mol. The third kappa shape index (κ3) is 2.56. The quantitative estimate of drug-likeness (QED) is 0.823. The largest absolute Gasteiger partial charge is 0.326 e. The Balaban J connectivity index is 1.93. The van der Waals surface area contributed by atoms with Gasteiger partial charge in [0.1, 0.15) is 0 Å². The molecule has 0 saturated carbocycles. The number of benzene rings is 2. The topological polar surface area (TPSA) is 29.1 Å². The van der Waals surface area contributed by atoms with Crippen LogP contribution in [0.1, 0.15) is 34.1 Å². The van der Waals surface area contributed by atoms with E-state index in [2.05, 4.69) is 30.4 Å². The van der Waals surface area contributed by atoms with Crippen molar-refractivity contribution in [2.45, 2.75) is 25.1 Å². The molecule has 2 aromatic rings. The van der Waals surface area contributed by atoms with Crippen molar-refractivity contribution in [3.05, 3.63) is 64.7 Å². The standard InChI is InChI=1S/C17H16ClNO/c1-11-3-2-4-13(9-11)17(18)14-5-7-15-12(10-14)6-8-16(20)19-15/h2-5,7,9-10,17H,6,8H2,1H3,(H,19,20). The molecule has 0 radical (unpaired) electrons. The van der Waals surface area contributed by atoms with Gasteiger partial charge in [-0.05, 0) is 36.1 Å². The number of anilines is 1. The maximum atomic E-state index is 11.4. The van der Waals surface area contributed by atoms with E-state index < -0.39 is 0 Å². The van der Waals surface area contributed by atoms with E-state index in [0.717, 1.165) is 23.2 Å². The number of fused-ring (bicyclic) bond motifs is 1. The predicted molar refractivity (Wildman–Crippen MR) is 82.3 cm³/mol. The van der Waals surface area contributed by atoms with Gasteiger partial charge in [-0.2, -0.15) is 0 Å². The van der Waals surface area contributed by atoms with Crippen LogP contribution in [0.15, 0.2) is 42.5 Å².